The second kappa shape index (κ2) is 7.94. The fourth-order valence-corrected chi connectivity index (χ4v) is 3.60. The first-order valence-electron chi connectivity index (χ1n) is 9.46. The molecule has 2 heterocycles. The van der Waals surface area contributed by atoms with Gasteiger partial charge in [0, 0.05) is 29.9 Å². The highest BCUT2D eigenvalue weighted by molar-refractivity contribution is 5.97. The summed E-state index contributed by atoms with van der Waals surface area (Å²) in [6, 6.07) is 5.45. The Labute approximate surface area is 159 Å². The van der Waals surface area contributed by atoms with Crippen LogP contribution < -0.4 is 5.32 Å². The van der Waals surface area contributed by atoms with E-state index < -0.39 is 0 Å². The first-order valence-corrected chi connectivity index (χ1v) is 9.46. The Kier molecular flexibility index (Phi) is 5.63. The lowest BCUT2D eigenvalue weighted by Gasteiger charge is -2.31. The molecule has 2 aromatic rings. The molecule has 1 aromatic carbocycles. The Morgan fingerprint density at radius 3 is 2.70 bits per heavy atom. The number of carbonyl (C=O) groups is 2. The number of anilines is 1. The van der Waals surface area contributed by atoms with Gasteiger partial charge in [0.2, 0.25) is 5.91 Å². The SMILES string of the molecule is Cc1cc(C(=O)N2CCC[C@@H](C)C2)ccc1NC(=O)Cc1c(C)noc1C. The summed E-state index contributed by atoms with van der Waals surface area (Å²) in [7, 11) is 0. The number of benzene rings is 1. The van der Waals surface area contributed by atoms with Gasteiger partial charge in [-0.05, 0) is 63.3 Å². The molecule has 1 fully saturated rings. The predicted octanol–water partition coefficient (Wildman–Crippen LogP) is 3.65. The molecule has 1 aromatic heterocycles. The number of amides is 2. The van der Waals surface area contributed by atoms with Crippen LogP contribution in [0.4, 0.5) is 5.69 Å². The van der Waals surface area contributed by atoms with Gasteiger partial charge in [-0.1, -0.05) is 12.1 Å². The first-order chi connectivity index (χ1) is 12.8. The molecular weight excluding hydrogens is 342 g/mol. The zero-order chi connectivity index (χ0) is 19.6. The Morgan fingerprint density at radius 1 is 1.30 bits per heavy atom. The van der Waals surface area contributed by atoms with Crippen LogP contribution in [0.1, 0.15) is 52.7 Å². The molecule has 1 saturated heterocycles. The number of hydrogen-bond acceptors (Lipinski definition) is 4. The zero-order valence-corrected chi connectivity index (χ0v) is 16.5. The lowest BCUT2D eigenvalue weighted by atomic mass is 9.99. The Hall–Kier alpha value is -2.63. The maximum absolute atomic E-state index is 12.7. The predicted molar refractivity (Wildman–Crippen MR) is 104 cm³/mol. The zero-order valence-electron chi connectivity index (χ0n) is 16.5. The number of likely N-dealkylation sites (tertiary alicyclic amines) is 1. The number of nitrogens with zero attached hydrogens (tertiary/aromatic N) is 2. The third-order valence-electron chi connectivity index (χ3n) is 5.21. The van der Waals surface area contributed by atoms with Gasteiger partial charge < -0.3 is 14.7 Å². The molecule has 0 spiro atoms. The summed E-state index contributed by atoms with van der Waals surface area (Å²) in [6.07, 6.45) is 2.45. The summed E-state index contributed by atoms with van der Waals surface area (Å²) in [5.41, 5.74) is 3.81. The van der Waals surface area contributed by atoms with Crippen molar-refractivity contribution >= 4 is 17.5 Å². The van der Waals surface area contributed by atoms with Crippen LogP contribution >= 0.6 is 0 Å². The number of rotatable bonds is 4. The van der Waals surface area contributed by atoms with E-state index in [0.29, 0.717) is 17.2 Å². The van der Waals surface area contributed by atoms with E-state index in [4.69, 9.17) is 4.52 Å². The van der Waals surface area contributed by atoms with Crippen LogP contribution in [0, 0.1) is 26.7 Å². The van der Waals surface area contributed by atoms with Crippen molar-refractivity contribution in [2.24, 2.45) is 5.92 Å². The van der Waals surface area contributed by atoms with Crippen LogP contribution in [0.3, 0.4) is 0 Å². The standard InChI is InChI=1S/C21H27N3O3/c1-13-6-5-9-24(12-13)21(26)17-7-8-19(14(2)10-17)22-20(25)11-18-15(3)23-27-16(18)4/h7-8,10,13H,5-6,9,11-12H2,1-4H3,(H,22,25)/t13-/m1/s1. The summed E-state index contributed by atoms with van der Waals surface area (Å²) in [5.74, 6) is 1.15. The highest BCUT2D eigenvalue weighted by Crippen LogP contribution is 2.22. The highest BCUT2D eigenvalue weighted by Gasteiger charge is 2.22. The van der Waals surface area contributed by atoms with E-state index in [0.717, 1.165) is 42.0 Å². The van der Waals surface area contributed by atoms with Gasteiger partial charge in [-0.2, -0.15) is 0 Å². The maximum atomic E-state index is 12.7. The summed E-state index contributed by atoms with van der Waals surface area (Å²) < 4.78 is 5.11. The van der Waals surface area contributed by atoms with Gasteiger partial charge in [0.15, 0.2) is 0 Å². The molecule has 0 bridgehead atoms. The molecule has 0 radical (unpaired) electrons. The minimum Gasteiger partial charge on any atom is -0.361 e. The number of nitrogens with one attached hydrogen (secondary N) is 1. The van der Waals surface area contributed by atoms with Gasteiger partial charge in [-0.25, -0.2) is 0 Å². The molecular formula is C21H27N3O3. The van der Waals surface area contributed by atoms with Crippen molar-refractivity contribution in [2.75, 3.05) is 18.4 Å². The summed E-state index contributed by atoms with van der Waals surface area (Å²) in [5, 5.41) is 6.80. The largest absolute Gasteiger partial charge is 0.361 e. The topological polar surface area (TPSA) is 75.4 Å². The fraction of sp³-hybridized carbons (Fsp3) is 0.476. The number of piperidine rings is 1. The molecule has 0 unspecified atom stereocenters. The lowest BCUT2D eigenvalue weighted by molar-refractivity contribution is -0.115. The number of carbonyl (C=O) groups excluding carboxylic acids is 2. The van der Waals surface area contributed by atoms with E-state index in [-0.39, 0.29) is 18.2 Å². The van der Waals surface area contributed by atoms with Gasteiger partial charge in [0.05, 0.1) is 12.1 Å². The molecule has 1 N–H and O–H groups in total. The molecule has 1 atom stereocenters. The van der Waals surface area contributed by atoms with Crippen molar-refractivity contribution < 1.29 is 14.1 Å². The van der Waals surface area contributed by atoms with Crippen LogP contribution in [-0.4, -0.2) is 35.0 Å². The fourth-order valence-electron chi connectivity index (χ4n) is 3.60. The minimum absolute atomic E-state index is 0.0678. The second-order valence-corrected chi connectivity index (χ2v) is 7.56. The van der Waals surface area contributed by atoms with E-state index in [1.807, 2.05) is 24.8 Å². The van der Waals surface area contributed by atoms with Crippen molar-refractivity contribution in [3.05, 3.63) is 46.3 Å². The van der Waals surface area contributed by atoms with Crippen LogP contribution in [0.5, 0.6) is 0 Å². The Morgan fingerprint density at radius 2 is 2.07 bits per heavy atom. The van der Waals surface area contributed by atoms with Gasteiger partial charge in [0.1, 0.15) is 5.76 Å². The molecule has 2 amide bonds. The molecule has 6 nitrogen and oxygen atoms in total. The van der Waals surface area contributed by atoms with Crippen LogP contribution in [-0.2, 0) is 11.2 Å². The van der Waals surface area contributed by atoms with Gasteiger partial charge in [-0.15, -0.1) is 0 Å². The molecule has 6 heteroatoms. The summed E-state index contributed by atoms with van der Waals surface area (Å²) >= 11 is 0. The molecule has 1 aliphatic heterocycles. The van der Waals surface area contributed by atoms with Crippen LogP contribution in [0.15, 0.2) is 22.7 Å². The smallest absolute Gasteiger partial charge is 0.253 e. The lowest BCUT2D eigenvalue weighted by Crippen LogP contribution is -2.39. The normalized spacial score (nSPS) is 17.0. The van der Waals surface area contributed by atoms with Crippen molar-refractivity contribution in [3.8, 4) is 0 Å². The molecule has 144 valence electrons. The molecule has 0 aliphatic carbocycles. The van der Waals surface area contributed by atoms with E-state index in [1.54, 1.807) is 19.1 Å². The number of hydrogen-bond donors (Lipinski definition) is 1. The van der Waals surface area contributed by atoms with Crippen molar-refractivity contribution in [2.45, 2.75) is 47.0 Å². The molecule has 3 rings (SSSR count). The van der Waals surface area contributed by atoms with E-state index in [9.17, 15) is 9.59 Å². The van der Waals surface area contributed by atoms with Gasteiger partial charge in [-0.3, -0.25) is 9.59 Å². The van der Waals surface area contributed by atoms with E-state index in [1.165, 1.54) is 6.42 Å². The maximum Gasteiger partial charge on any atom is 0.253 e. The number of aromatic nitrogens is 1. The quantitative estimate of drug-likeness (QED) is 0.892. The minimum atomic E-state index is -0.128. The summed E-state index contributed by atoms with van der Waals surface area (Å²) in [4.78, 5) is 27.1. The van der Waals surface area contributed by atoms with Gasteiger partial charge in [0.25, 0.3) is 5.91 Å². The average molecular weight is 369 g/mol. The van der Waals surface area contributed by atoms with Crippen molar-refractivity contribution in [1.82, 2.24) is 10.1 Å². The van der Waals surface area contributed by atoms with Crippen LogP contribution in [0.25, 0.3) is 0 Å². The van der Waals surface area contributed by atoms with Crippen LogP contribution in [0.2, 0.25) is 0 Å². The average Bonchev–Trinajstić information content (AvgIpc) is 2.94. The third kappa shape index (κ3) is 4.38. The third-order valence-corrected chi connectivity index (χ3v) is 5.21. The van der Waals surface area contributed by atoms with Crippen molar-refractivity contribution in [1.29, 1.82) is 0 Å². The van der Waals surface area contributed by atoms with E-state index >= 15 is 0 Å². The first kappa shape index (κ1) is 19.1. The Bertz CT molecular complexity index is 837. The van der Waals surface area contributed by atoms with E-state index in [2.05, 4.69) is 17.4 Å². The molecule has 1 aliphatic rings. The highest BCUT2D eigenvalue weighted by atomic mass is 16.5. The monoisotopic (exact) mass is 369 g/mol. The van der Waals surface area contributed by atoms with Crippen molar-refractivity contribution in [3.63, 3.8) is 0 Å². The summed E-state index contributed by atoms with van der Waals surface area (Å²) in [6.45, 7) is 9.34. The second-order valence-electron chi connectivity index (χ2n) is 7.56. The number of aryl methyl sites for hydroxylation is 3. The Balaban J connectivity index is 1.67. The molecule has 0 saturated carbocycles. The molecule has 27 heavy (non-hydrogen) atoms. The van der Waals surface area contributed by atoms with Gasteiger partial charge >= 0.3 is 0 Å².